The Morgan fingerprint density at radius 2 is 1.88 bits per heavy atom. The van der Waals surface area contributed by atoms with E-state index < -0.39 is 0 Å². The summed E-state index contributed by atoms with van der Waals surface area (Å²) in [5.41, 5.74) is 10.2. The zero-order valence-corrected chi connectivity index (χ0v) is 20.1. The van der Waals surface area contributed by atoms with Gasteiger partial charge in [0.25, 0.3) is 0 Å². The van der Waals surface area contributed by atoms with Crippen molar-refractivity contribution in [2.24, 2.45) is 11.1 Å². The first-order valence-corrected chi connectivity index (χ1v) is 12.4. The summed E-state index contributed by atoms with van der Waals surface area (Å²) in [6.07, 6.45) is 8.49. The van der Waals surface area contributed by atoms with Crippen molar-refractivity contribution >= 4 is 39.3 Å². The van der Waals surface area contributed by atoms with Crippen molar-refractivity contribution in [1.82, 2.24) is 4.57 Å². The quantitative estimate of drug-likeness (QED) is 0.479. The number of nitrogens with zero attached hydrogens (tertiary/aromatic N) is 1. The third kappa shape index (κ3) is 4.14. The molecule has 170 valence electrons. The summed E-state index contributed by atoms with van der Waals surface area (Å²) in [7, 11) is 1.50. The van der Waals surface area contributed by atoms with E-state index in [1.165, 1.54) is 26.3 Å². The molecule has 2 aliphatic rings. The summed E-state index contributed by atoms with van der Waals surface area (Å²) in [5, 5.41) is 5.71. The Balaban J connectivity index is 0.00000119. The van der Waals surface area contributed by atoms with Gasteiger partial charge in [-0.25, -0.2) is 0 Å². The van der Waals surface area contributed by atoms with Crippen LogP contribution in [0.3, 0.4) is 0 Å². The van der Waals surface area contributed by atoms with E-state index in [1.54, 1.807) is 11.3 Å². The minimum Gasteiger partial charge on any atom is -0.382 e. The molecule has 5 nitrogen and oxygen atoms in total. The van der Waals surface area contributed by atoms with E-state index in [2.05, 4.69) is 47.0 Å². The molecule has 0 saturated heterocycles. The van der Waals surface area contributed by atoms with Gasteiger partial charge in [-0.3, -0.25) is 9.59 Å². The lowest BCUT2D eigenvalue weighted by molar-refractivity contribution is 0.0912. The number of carbonyl (C=O) groups is 2. The predicted molar refractivity (Wildman–Crippen MR) is 134 cm³/mol. The summed E-state index contributed by atoms with van der Waals surface area (Å²) in [4.78, 5) is 24.7. The monoisotopic (exact) mass is 451 g/mol. The largest absolute Gasteiger partial charge is 0.382 e. The van der Waals surface area contributed by atoms with Crippen LogP contribution in [0.1, 0.15) is 78.8 Å². The maximum absolute atomic E-state index is 13.0. The van der Waals surface area contributed by atoms with Gasteiger partial charge in [-0.15, -0.1) is 11.3 Å². The summed E-state index contributed by atoms with van der Waals surface area (Å²) >= 11 is 1.65. The molecule has 0 amide bonds. The molecule has 2 heterocycles. The number of hydrogen-bond acceptors (Lipinski definition) is 5. The molecule has 0 radical (unpaired) electrons. The minimum absolute atomic E-state index is 0.0474. The van der Waals surface area contributed by atoms with E-state index >= 15 is 0 Å². The van der Waals surface area contributed by atoms with Crippen LogP contribution in [0, 0.1) is 5.41 Å². The van der Waals surface area contributed by atoms with Crippen LogP contribution in [0.4, 0.5) is 5.69 Å². The number of rotatable bonds is 4. The second kappa shape index (κ2) is 9.20. The van der Waals surface area contributed by atoms with Gasteiger partial charge in [0.15, 0.2) is 12.1 Å². The lowest BCUT2D eigenvalue weighted by atomic mass is 9.76. The lowest BCUT2D eigenvalue weighted by Gasteiger charge is -2.30. The number of fused-ring (bicyclic) bond motifs is 3. The number of carbonyl (C=O) groups excluding carboxylic acids is 2. The van der Waals surface area contributed by atoms with E-state index in [4.69, 9.17) is 0 Å². The fraction of sp³-hybridized carbons (Fsp3) is 0.462. The van der Waals surface area contributed by atoms with Gasteiger partial charge in [-0.05, 0) is 61.4 Å². The molecule has 0 aliphatic heterocycles. The Labute approximate surface area is 194 Å². The number of aldehydes is 1. The molecule has 2 aliphatic carbocycles. The second-order valence-electron chi connectivity index (χ2n) is 9.60. The molecule has 2 aromatic heterocycles. The van der Waals surface area contributed by atoms with E-state index in [9.17, 15) is 9.59 Å². The van der Waals surface area contributed by atoms with Gasteiger partial charge < -0.3 is 15.6 Å². The summed E-state index contributed by atoms with van der Waals surface area (Å²) < 4.78 is 3.34. The molecule has 32 heavy (non-hydrogen) atoms. The van der Waals surface area contributed by atoms with Crippen molar-refractivity contribution in [3.63, 3.8) is 0 Å². The molecule has 0 unspecified atom stereocenters. The highest BCUT2D eigenvalue weighted by molar-refractivity contribution is 7.17. The fourth-order valence-corrected chi connectivity index (χ4v) is 6.18. The first kappa shape index (κ1) is 22.7. The number of Topliss-reactive ketones (excluding diaryl/α,β-unsaturated/α-hetero) is 1. The van der Waals surface area contributed by atoms with Crippen LogP contribution in [-0.2, 0) is 6.42 Å². The Hall–Kier alpha value is -2.44. The molecule has 3 aromatic rings. The average molecular weight is 452 g/mol. The van der Waals surface area contributed by atoms with Gasteiger partial charge in [-0.2, -0.15) is 0 Å². The highest BCUT2D eigenvalue weighted by atomic mass is 32.1. The van der Waals surface area contributed by atoms with Crippen LogP contribution in [0.2, 0.25) is 0 Å². The Bertz CT molecular complexity index is 1140. The lowest BCUT2D eigenvalue weighted by Crippen LogP contribution is -2.28. The Morgan fingerprint density at radius 1 is 1.12 bits per heavy atom. The van der Waals surface area contributed by atoms with Gasteiger partial charge >= 0.3 is 0 Å². The van der Waals surface area contributed by atoms with Crippen molar-refractivity contribution in [1.29, 1.82) is 0 Å². The Kier molecular flexibility index (Phi) is 6.54. The summed E-state index contributed by atoms with van der Waals surface area (Å²) in [6, 6.07) is 8.56. The minimum atomic E-state index is -0.0474. The van der Waals surface area contributed by atoms with Crippen molar-refractivity contribution in [2.75, 3.05) is 12.4 Å². The van der Waals surface area contributed by atoms with Gasteiger partial charge in [0, 0.05) is 35.1 Å². The number of nitrogens with one attached hydrogen (secondary N) is 1. The topological polar surface area (TPSA) is 77.1 Å². The van der Waals surface area contributed by atoms with Gasteiger partial charge in [0.05, 0.1) is 15.8 Å². The van der Waals surface area contributed by atoms with E-state index in [0.717, 1.165) is 58.4 Å². The van der Waals surface area contributed by atoms with Crippen LogP contribution in [0.15, 0.2) is 29.6 Å². The van der Waals surface area contributed by atoms with E-state index in [-0.39, 0.29) is 11.2 Å². The molecule has 0 spiro atoms. The Morgan fingerprint density at radius 3 is 2.59 bits per heavy atom. The predicted octanol–water partition coefficient (Wildman–Crippen LogP) is 5.98. The standard InChI is InChI=1S/C25H28N2O2S.CH5N/c1-25(2)13-21-23(22(29)14-25)24-20(10-11-30-24)27(21)18-9-8-16(15-28)19(12-18)26-17-6-4-3-5-7-17;1-2/h8-12,15,17,26H,3-7,13-14H2,1-2H3;2H2,1H3. The zero-order chi connectivity index (χ0) is 22.9. The molecule has 0 atom stereocenters. The number of nitrogens with two attached hydrogens (primary N) is 1. The maximum atomic E-state index is 13.0. The molecule has 0 bridgehead atoms. The molecule has 1 fully saturated rings. The van der Waals surface area contributed by atoms with Gasteiger partial charge in [0.2, 0.25) is 0 Å². The van der Waals surface area contributed by atoms with Crippen molar-refractivity contribution < 1.29 is 9.59 Å². The second-order valence-corrected chi connectivity index (χ2v) is 10.5. The first-order chi connectivity index (χ1) is 15.5. The van der Waals surface area contributed by atoms with Crippen LogP contribution in [0.5, 0.6) is 0 Å². The van der Waals surface area contributed by atoms with Crippen molar-refractivity contribution in [3.05, 3.63) is 46.5 Å². The van der Waals surface area contributed by atoms with Crippen molar-refractivity contribution in [2.45, 2.75) is 64.8 Å². The van der Waals surface area contributed by atoms with Crippen LogP contribution < -0.4 is 11.1 Å². The molecule has 5 rings (SSSR count). The van der Waals surface area contributed by atoms with Gasteiger partial charge in [-0.1, -0.05) is 33.1 Å². The number of benzene rings is 1. The third-order valence-electron chi connectivity index (χ3n) is 6.62. The average Bonchev–Trinajstić information content (AvgIpc) is 3.35. The SMILES string of the molecule is CC1(C)CC(=O)c2c(n(-c3ccc(C=O)c(NC4CCCCC4)c3)c3ccsc23)C1.CN. The molecule has 1 aromatic carbocycles. The molecular weight excluding hydrogens is 418 g/mol. The normalized spacial score (nSPS) is 18.1. The number of hydrogen-bond donors (Lipinski definition) is 2. The molecule has 1 saturated carbocycles. The highest BCUT2D eigenvalue weighted by Gasteiger charge is 2.36. The molecule has 6 heteroatoms. The van der Waals surface area contributed by atoms with Crippen LogP contribution in [-0.4, -0.2) is 29.7 Å². The number of thiophene rings is 1. The summed E-state index contributed by atoms with van der Waals surface area (Å²) in [6.45, 7) is 4.34. The molecular formula is C26H33N3O2S. The van der Waals surface area contributed by atoms with Crippen LogP contribution >= 0.6 is 11.3 Å². The van der Waals surface area contributed by atoms with E-state index in [0.29, 0.717) is 18.0 Å². The summed E-state index contributed by atoms with van der Waals surface area (Å²) in [5.74, 6) is 0.248. The van der Waals surface area contributed by atoms with Crippen molar-refractivity contribution in [3.8, 4) is 5.69 Å². The maximum Gasteiger partial charge on any atom is 0.166 e. The van der Waals surface area contributed by atoms with Crippen LogP contribution in [0.25, 0.3) is 15.9 Å². The smallest absolute Gasteiger partial charge is 0.166 e. The zero-order valence-electron chi connectivity index (χ0n) is 19.2. The number of ketones is 1. The number of anilines is 1. The first-order valence-electron chi connectivity index (χ1n) is 11.5. The molecule has 3 N–H and O–H groups in total. The third-order valence-corrected chi connectivity index (χ3v) is 7.54. The number of aromatic nitrogens is 1. The van der Waals surface area contributed by atoms with E-state index in [1.807, 2.05) is 12.1 Å². The fourth-order valence-electron chi connectivity index (χ4n) is 5.22. The van der Waals surface area contributed by atoms with Gasteiger partial charge in [0.1, 0.15) is 0 Å². The highest BCUT2D eigenvalue weighted by Crippen LogP contribution is 2.43.